The Morgan fingerprint density at radius 1 is 1.31 bits per heavy atom. The van der Waals surface area contributed by atoms with Gasteiger partial charge in [0.1, 0.15) is 5.75 Å². The van der Waals surface area contributed by atoms with Crippen LogP contribution in [0.15, 0.2) is 46.9 Å². The molecular formula is C19H21N5O2. The highest BCUT2D eigenvalue weighted by Crippen LogP contribution is 2.36. The lowest BCUT2D eigenvalue weighted by atomic mass is 10.0. The zero-order chi connectivity index (χ0) is 18.4. The van der Waals surface area contributed by atoms with Crippen molar-refractivity contribution >= 4 is 5.91 Å². The predicted octanol–water partition coefficient (Wildman–Crippen LogP) is 2.64. The number of hydrogen-bond acceptors (Lipinski definition) is 5. The van der Waals surface area contributed by atoms with Gasteiger partial charge < -0.3 is 14.6 Å². The lowest BCUT2D eigenvalue weighted by Gasteiger charge is -2.11. The van der Waals surface area contributed by atoms with Crippen LogP contribution in [0.2, 0.25) is 0 Å². The number of methoxy groups -OCH3 is 1. The highest BCUT2D eigenvalue weighted by atomic mass is 16.5. The minimum Gasteiger partial charge on any atom is -0.497 e. The monoisotopic (exact) mass is 351 g/mol. The number of nitrogens with zero attached hydrogens (tertiary/aromatic N) is 4. The Bertz CT molecular complexity index is 826. The molecule has 0 unspecified atom stereocenters. The van der Waals surface area contributed by atoms with E-state index in [0.29, 0.717) is 31.8 Å². The lowest BCUT2D eigenvalue weighted by Crippen LogP contribution is -2.30. The molecular weight excluding hydrogens is 330 g/mol. The second-order valence-electron chi connectivity index (χ2n) is 6.12. The van der Waals surface area contributed by atoms with E-state index in [1.54, 1.807) is 19.5 Å². The molecule has 1 N–H and O–H groups in total. The smallest absolute Gasteiger partial charge is 0.287 e. The van der Waals surface area contributed by atoms with Crippen molar-refractivity contribution in [2.45, 2.75) is 31.5 Å². The van der Waals surface area contributed by atoms with Crippen molar-refractivity contribution in [1.29, 1.82) is 0 Å². The quantitative estimate of drug-likeness (QED) is 0.705. The predicted molar refractivity (Wildman–Crippen MR) is 96.9 cm³/mol. The van der Waals surface area contributed by atoms with Gasteiger partial charge in [-0.2, -0.15) is 10.2 Å². The first-order chi connectivity index (χ1) is 12.7. The molecule has 7 nitrogen and oxygen atoms in total. The van der Waals surface area contributed by atoms with Gasteiger partial charge in [0.25, 0.3) is 5.91 Å². The summed E-state index contributed by atoms with van der Waals surface area (Å²) >= 11 is 0. The Morgan fingerprint density at radius 3 is 2.73 bits per heavy atom. The van der Waals surface area contributed by atoms with Gasteiger partial charge in [0.2, 0.25) is 0 Å². The molecule has 0 saturated heterocycles. The second-order valence-corrected chi connectivity index (χ2v) is 6.12. The van der Waals surface area contributed by atoms with Crippen LogP contribution in [-0.2, 0) is 6.54 Å². The summed E-state index contributed by atoms with van der Waals surface area (Å²) in [6.45, 7) is 1.04. The average Bonchev–Trinajstić information content (AvgIpc) is 3.28. The van der Waals surface area contributed by atoms with E-state index in [2.05, 4.69) is 26.4 Å². The maximum Gasteiger partial charge on any atom is 0.287 e. The van der Waals surface area contributed by atoms with Crippen molar-refractivity contribution < 1.29 is 9.53 Å². The molecule has 0 fully saturated rings. The molecule has 0 radical (unpaired) electrons. The molecule has 1 aromatic carbocycles. The normalized spacial score (nSPS) is 13.8. The summed E-state index contributed by atoms with van der Waals surface area (Å²) in [5.74, 6) is 3.56. The lowest BCUT2D eigenvalue weighted by molar-refractivity contribution is 0.0937. The molecule has 2 heterocycles. The zero-order valence-corrected chi connectivity index (χ0v) is 14.7. The van der Waals surface area contributed by atoms with Crippen molar-refractivity contribution in [3.63, 3.8) is 0 Å². The third-order valence-corrected chi connectivity index (χ3v) is 4.29. The minimum absolute atomic E-state index is 0.212. The first-order valence-electron chi connectivity index (χ1n) is 8.45. The number of carbonyl (C=O) groups is 1. The van der Waals surface area contributed by atoms with Crippen molar-refractivity contribution in [3.05, 3.63) is 48.0 Å². The molecule has 1 aromatic heterocycles. The Labute approximate surface area is 152 Å². The SMILES string of the molecule is C#CCCC1(CCNC(=O)c2nccn2Cc2ccc(OC)cc2)N=N1. The molecule has 7 heteroatoms. The van der Waals surface area contributed by atoms with Crippen LogP contribution in [0.1, 0.15) is 35.4 Å². The number of amides is 1. The summed E-state index contributed by atoms with van der Waals surface area (Å²) < 4.78 is 6.97. The van der Waals surface area contributed by atoms with Crippen LogP contribution in [0.5, 0.6) is 5.75 Å². The summed E-state index contributed by atoms with van der Waals surface area (Å²) in [5.41, 5.74) is 0.666. The standard InChI is InChI=1S/C19H21N5O2/c1-3-4-9-19(22-23-19)10-11-21-18(25)17-20-12-13-24(17)14-15-5-7-16(26-2)8-6-15/h1,5-8,12-13H,4,9-11,14H2,2H3,(H,21,25). The van der Waals surface area contributed by atoms with E-state index in [4.69, 9.17) is 11.2 Å². The molecule has 0 bridgehead atoms. The van der Waals surface area contributed by atoms with Crippen LogP contribution in [0.25, 0.3) is 0 Å². The van der Waals surface area contributed by atoms with Crippen molar-refractivity contribution in [1.82, 2.24) is 14.9 Å². The fourth-order valence-electron chi connectivity index (χ4n) is 2.70. The number of imidazole rings is 1. The van der Waals surface area contributed by atoms with Crippen LogP contribution in [0, 0.1) is 12.3 Å². The molecule has 2 aromatic rings. The topological polar surface area (TPSA) is 80.9 Å². The number of terminal acetylenes is 1. The number of carbonyl (C=O) groups excluding carboxylic acids is 1. The number of aromatic nitrogens is 2. The van der Waals surface area contributed by atoms with Gasteiger partial charge >= 0.3 is 0 Å². The van der Waals surface area contributed by atoms with E-state index in [1.165, 1.54) is 0 Å². The molecule has 1 aliphatic rings. The van der Waals surface area contributed by atoms with E-state index in [1.807, 2.05) is 28.8 Å². The van der Waals surface area contributed by atoms with Crippen LogP contribution >= 0.6 is 0 Å². The number of nitrogens with one attached hydrogen (secondary N) is 1. The van der Waals surface area contributed by atoms with Crippen LogP contribution in [0.3, 0.4) is 0 Å². The molecule has 0 saturated carbocycles. The second kappa shape index (κ2) is 7.83. The van der Waals surface area contributed by atoms with Gasteiger partial charge in [-0.1, -0.05) is 12.1 Å². The van der Waals surface area contributed by atoms with Gasteiger partial charge in [-0.05, 0) is 17.7 Å². The van der Waals surface area contributed by atoms with E-state index in [9.17, 15) is 4.79 Å². The fraction of sp³-hybridized carbons (Fsp3) is 0.368. The summed E-state index contributed by atoms with van der Waals surface area (Å²) in [5, 5.41) is 11.0. The van der Waals surface area contributed by atoms with Gasteiger partial charge in [-0.15, -0.1) is 12.3 Å². The molecule has 134 valence electrons. The fourth-order valence-corrected chi connectivity index (χ4v) is 2.70. The van der Waals surface area contributed by atoms with Crippen LogP contribution in [0.4, 0.5) is 0 Å². The first-order valence-corrected chi connectivity index (χ1v) is 8.45. The molecule has 1 aliphatic heterocycles. The summed E-state index contributed by atoms with van der Waals surface area (Å²) in [4.78, 5) is 16.6. The Balaban J connectivity index is 1.54. The van der Waals surface area contributed by atoms with Gasteiger partial charge in [-0.25, -0.2) is 4.98 Å². The van der Waals surface area contributed by atoms with Gasteiger partial charge in [0.15, 0.2) is 11.5 Å². The van der Waals surface area contributed by atoms with E-state index in [-0.39, 0.29) is 5.91 Å². The Kier molecular flexibility index (Phi) is 5.32. The number of rotatable bonds is 9. The van der Waals surface area contributed by atoms with E-state index < -0.39 is 5.66 Å². The van der Waals surface area contributed by atoms with Gasteiger partial charge in [-0.3, -0.25) is 4.79 Å². The van der Waals surface area contributed by atoms with Crippen molar-refractivity contribution in [2.24, 2.45) is 10.2 Å². The summed E-state index contributed by atoms with van der Waals surface area (Å²) in [6, 6.07) is 7.71. The molecule has 1 amide bonds. The number of hydrogen-bond donors (Lipinski definition) is 1. The zero-order valence-electron chi connectivity index (χ0n) is 14.7. The molecule has 0 spiro atoms. The van der Waals surface area contributed by atoms with E-state index >= 15 is 0 Å². The highest BCUT2D eigenvalue weighted by Gasteiger charge is 2.38. The van der Waals surface area contributed by atoms with Crippen molar-refractivity contribution in [3.8, 4) is 18.1 Å². The number of benzene rings is 1. The molecule has 0 aliphatic carbocycles. The average molecular weight is 351 g/mol. The largest absolute Gasteiger partial charge is 0.497 e. The Hall–Kier alpha value is -3.14. The maximum absolute atomic E-state index is 12.4. The van der Waals surface area contributed by atoms with Gasteiger partial charge in [0.05, 0.1) is 7.11 Å². The van der Waals surface area contributed by atoms with Crippen molar-refractivity contribution in [2.75, 3.05) is 13.7 Å². The molecule has 0 atom stereocenters. The molecule has 26 heavy (non-hydrogen) atoms. The minimum atomic E-state index is -0.391. The molecule has 3 rings (SSSR count). The third-order valence-electron chi connectivity index (χ3n) is 4.29. The van der Waals surface area contributed by atoms with Crippen LogP contribution < -0.4 is 10.1 Å². The van der Waals surface area contributed by atoms with Gasteiger partial charge in [0, 0.05) is 44.7 Å². The first kappa shape index (κ1) is 17.7. The number of ether oxygens (including phenoxy) is 1. The maximum atomic E-state index is 12.4. The Morgan fingerprint density at radius 2 is 2.08 bits per heavy atom. The third kappa shape index (κ3) is 4.28. The van der Waals surface area contributed by atoms with E-state index in [0.717, 1.165) is 17.7 Å². The highest BCUT2D eigenvalue weighted by molar-refractivity contribution is 5.90. The van der Waals surface area contributed by atoms with Crippen LogP contribution in [-0.4, -0.2) is 34.8 Å². The summed E-state index contributed by atoms with van der Waals surface area (Å²) in [7, 11) is 1.63. The summed E-state index contributed by atoms with van der Waals surface area (Å²) in [6.07, 6.45) is 10.7.